The van der Waals surface area contributed by atoms with Crippen LogP contribution < -0.4 is 9.05 Å². The summed E-state index contributed by atoms with van der Waals surface area (Å²) in [4.78, 5) is 0. The van der Waals surface area contributed by atoms with E-state index in [2.05, 4.69) is 72.7 Å². The van der Waals surface area contributed by atoms with Gasteiger partial charge in [-0.1, -0.05) is 70.0 Å². The fourth-order valence-electron chi connectivity index (χ4n) is 5.30. The van der Waals surface area contributed by atoms with Crippen LogP contribution in [0.15, 0.2) is 24.3 Å². The summed E-state index contributed by atoms with van der Waals surface area (Å²) in [7, 11) is -2.29. The van der Waals surface area contributed by atoms with Crippen molar-refractivity contribution in [3.8, 4) is 11.5 Å². The van der Waals surface area contributed by atoms with Crippen LogP contribution >= 0.6 is 8.25 Å². The Bertz CT molecular complexity index is 910. The zero-order valence-electron chi connectivity index (χ0n) is 20.3. The van der Waals surface area contributed by atoms with E-state index in [1.165, 1.54) is 11.1 Å². The van der Waals surface area contributed by atoms with Gasteiger partial charge in [0.1, 0.15) is 0 Å². The molecule has 0 aliphatic carbocycles. The molecule has 3 rings (SSSR count). The molecule has 0 atom stereocenters. The van der Waals surface area contributed by atoms with Crippen molar-refractivity contribution in [3.05, 3.63) is 57.6 Å². The summed E-state index contributed by atoms with van der Waals surface area (Å²) < 4.78 is 24.5. The standard InChI is InChI=1S/C25H34O3P.Na/c1-15-10-17(3)22-19(12-15)21(25(8,9)14-24(5,6)7)20-13-16(2)11-18(4)23(20)28-29(26)27-22;/h10-13,21H,14H2,1-9H3;/q+1;. The molecule has 1 aliphatic heterocycles. The molecule has 0 fully saturated rings. The van der Waals surface area contributed by atoms with E-state index in [4.69, 9.17) is 9.05 Å². The average molecular weight is 437 g/mol. The van der Waals surface area contributed by atoms with Crippen molar-refractivity contribution in [1.82, 2.24) is 0 Å². The maximum absolute atomic E-state index is 12.7. The van der Waals surface area contributed by atoms with Crippen LogP contribution in [0.25, 0.3) is 0 Å². The Morgan fingerprint density at radius 3 is 1.57 bits per heavy atom. The molecule has 0 aromatic heterocycles. The summed E-state index contributed by atoms with van der Waals surface area (Å²) in [5, 5.41) is 0. The van der Waals surface area contributed by atoms with Gasteiger partial charge in [-0.3, -0.25) is 0 Å². The molecule has 1 radical (unpaired) electrons. The number of benzene rings is 2. The first-order valence-electron chi connectivity index (χ1n) is 10.3. The van der Waals surface area contributed by atoms with Crippen LogP contribution in [0.1, 0.15) is 80.3 Å². The molecule has 2 aromatic carbocycles. The van der Waals surface area contributed by atoms with E-state index in [1.807, 2.05) is 13.8 Å². The van der Waals surface area contributed by atoms with Gasteiger partial charge in [-0.2, -0.15) is 0 Å². The molecule has 0 N–H and O–H groups in total. The van der Waals surface area contributed by atoms with Gasteiger partial charge >= 0.3 is 8.25 Å². The molecule has 0 amide bonds. The quantitative estimate of drug-likeness (QED) is 0.360. The summed E-state index contributed by atoms with van der Waals surface area (Å²) in [6.45, 7) is 19.8. The largest absolute Gasteiger partial charge is 0.805 e. The maximum Gasteiger partial charge on any atom is 0.805 e. The fourth-order valence-corrected chi connectivity index (χ4v) is 6.13. The van der Waals surface area contributed by atoms with Gasteiger partial charge in [0, 0.05) is 51.2 Å². The number of fused-ring (bicyclic) bond motifs is 2. The Kier molecular flexibility index (Phi) is 7.57. The first-order chi connectivity index (χ1) is 13.3. The Hall–Kier alpha value is -0.860. The average Bonchev–Trinajstić information content (AvgIpc) is 2.50. The molecule has 5 heteroatoms. The van der Waals surface area contributed by atoms with E-state index in [9.17, 15) is 4.57 Å². The summed E-state index contributed by atoms with van der Waals surface area (Å²) in [5.74, 6) is 1.47. The Morgan fingerprint density at radius 1 is 0.800 bits per heavy atom. The smallest absolute Gasteiger partial charge is 0.222 e. The molecule has 0 unspecified atom stereocenters. The number of rotatable bonds is 2. The second-order valence-corrected chi connectivity index (χ2v) is 11.4. The zero-order chi connectivity index (χ0) is 21.7. The van der Waals surface area contributed by atoms with Gasteiger partial charge in [0.15, 0.2) is 11.5 Å². The SMILES string of the molecule is Cc1cc(C)c2c(c1)C(C(C)(C)CC(C)(C)C)c1cc(C)cc(C)c1O[P+](=O)O2.[Na]. The Balaban J connectivity index is 0.00000320. The van der Waals surface area contributed by atoms with Crippen molar-refractivity contribution in [2.24, 2.45) is 10.8 Å². The monoisotopic (exact) mass is 436 g/mol. The van der Waals surface area contributed by atoms with Crippen molar-refractivity contribution >= 4 is 37.8 Å². The van der Waals surface area contributed by atoms with Gasteiger partial charge in [0.05, 0.1) is 0 Å². The van der Waals surface area contributed by atoms with E-state index in [0.29, 0.717) is 11.5 Å². The van der Waals surface area contributed by atoms with Crippen molar-refractivity contribution in [3.63, 3.8) is 0 Å². The van der Waals surface area contributed by atoms with Crippen LogP contribution in [0, 0.1) is 38.5 Å². The summed E-state index contributed by atoms with van der Waals surface area (Å²) in [5.41, 5.74) is 6.67. The van der Waals surface area contributed by atoms with E-state index < -0.39 is 8.25 Å². The molecule has 0 saturated carbocycles. The molecule has 157 valence electrons. The third-order valence-corrected chi connectivity index (χ3v) is 6.28. The van der Waals surface area contributed by atoms with Crippen molar-refractivity contribution in [2.75, 3.05) is 0 Å². The first kappa shape index (κ1) is 25.4. The Morgan fingerprint density at radius 2 is 1.20 bits per heavy atom. The number of hydrogen-bond acceptors (Lipinski definition) is 3. The normalized spacial score (nSPS) is 17.5. The predicted molar refractivity (Wildman–Crippen MR) is 126 cm³/mol. The van der Waals surface area contributed by atoms with E-state index in [0.717, 1.165) is 28.7 Å². The van der Waals surface area contributed by atoms with Gasteiger partial charge in [-0.15, -0.1) is 0 Å². The summed E-state index contributed by atoms with van der Waals surface area (Å²) in [6.07, 6.45) is 1.02. The molecule has 0 bridgehead atoms. The summed E-state index contributed by atoms with van der Waals surface area (Å²) >= 11 is 0. The second-order valence-electron chi connectivity index (χ2n) is 10.6. The molecule has 0 spiro atoms. The fraction of sp³-hybridized carbons (Fsp3) is 0.520. The molecule has 1 heterocycles. The topological polar surface area (TPSA) is 35.5 Å². The number of aryl methyl sites for hydroxylation is 4. The zero-order valence-corrected chi connectivity index (χ0v) is 23.2. The van der Waals surface area contributed by atoms with Crippen LogP contribution in [0.2, 0.25) is 0 Å². The van der Waals surface area contributed by atoms with E-state index in [1.54, 1.807) is 0 Å². The molecule has 3 nitrogen and oxygen atoms in total. The second kappa shape index (κ2) is 8.94. The third kappa shape index (κ3) is 5.30. The molecule has 1 aliphatic rings. The molecule has 30 heavy (non-hydrogen) atoms. The van der Waals surface area contributed by atoms with Crippen molar-refractivity contribution < 1.29 is 13.6 Å². The Labute approximate surface area is 205 Å². The van der Waals surface area contributed by atoms with Crippen LogP contribution in [0.3, 0.4) is 0 Å². The minimum atomic E-state index is -2.29. The molecule has 0 saturated heterocycles. The van der Waals surface area contributed by atoms with Gasteiger partial charge in [0.25, 0.3) is 0 Å². The van der Waals surface area contributed by atoms with Gasteiger partial charge in [0.2, 0.25) is 0 Å². The molecular formula is C25H34NaO3P+. The van der Waals surface area contributed by atoms with Crippen LogP contribution in [-0.2, 0) is 4.57 Å². The third-order valence-electron chi connectivity index (χ3n) is 5.62. The van der Waals surface area contributed by atoms with Crippen molar-refractivity contribution in [2.45, 2.75) is 74.7 Å². The van der Waals surface area contributed by atoms with Gasteiger partial charge in [-0.05, 0) is 56.1 Å². The van der Waals surface area contributed by atoms with Crippen molar-refractivity contribution in [1.29, 1.82) is 0 Å². The summed E-state index contributed by atoms with van der Waals surface area (Å²) in [6, 6.07) is 8.57. The molecular weight excluding hydrogens is 402 g/mol. The first-order valence-corrected chi connectivity index (χ1v) is 11.4. The van der Waals surface area contributed by atoms with Gasteiger partial charge in [-0.25, -0.2) is 9.05 Å². The van der Waals surface area contributed by atoms with E-state index >= 15 is 0 Å². The maximum atomic E-state index is 12.7. The van der Waals surface area contributed by atoms with Crippen LogP contribution in [-0.4, -0.2) is 29.6 Å². The minimum absolute atomic E-state index is 0. The van der Waals surface area contributed by atoms with E-state index in [-0.39, 0.29) is 46.3 Å². The number of hydrogen-bond donors (Lipinski definition) is 0. The van der Waals surface area contributed by atoms with Gasteiger partial charge < -0.3 is 0 Å². The predicted octanol–water partition coefficient (Wildman–Crippen LogP) is 7.56. The van der Waals surface area contributed by atoms with Crippen LogP contribution in [0.5, 0.6) is 11.5 Å². The molecule has 2 aromatic rings. The van der Waals surface area contributed by atoms with Crippen LogP contribution in [0.4, 0.5) is 0 Å². The minimum Gasteiger partial charge on any atom is -0.222 e.